The van der Waals surface area contributed by atoms with Crippen LogP contribution in [-0.2, 0) is 53.2 Å². The molecule has 0 amide bonds. The fraction of sp³-hybridized carbons (Fsp3) is 0. The summed E-state index contributed by atoms with van der Waals surface area (Å²) in [5.74, 6) is 0. The number of halogens is 2. The molecule has 0 saturated heterocycles. The summed E-state index contributed by atoms with van der Waals surface area (Å²) in [6, 6.07) is 0. The summed E-state index contributed by atoms with van der Waals surface area (Å²) in [5.41, 5.74) is 0. The van der Waals surface area contributed by atoms with E-state index in [9.17, 15) is 7.77 Å². The molecule has 0 rings (SSSR count). The minimum atomic E-state index is -4.42. The van der Waals surface area contributed by atoms with E-state index in [-0.39, 0.29) is 32.7 Å². The maximum Gasteiger partial charge on any atom is 3.00 e. The maximum absolute atomic E-state index is 10.5. The van der Waals surface area contributed by atoms with E-state index >= 15 is 0 Å². The van der Waals surface area contributed by atoms with Crippen molar-refractivity contribution in [1.29, 1.82) is 0 Å². The van der Waals surface area contributed by atoms with Crippen LogP contribution in [0.3, 0.4) is 0 Å². The molecule has 0 atom stereocenters. The van der Waals surface area contributed by atoms with E-state index in [1.165, 1.54) is 6.08 Å². The molecule has 14 heavy (non-hydrogen) atoms. The smallest absolute Gasteiger partial charge is 0.245 e. The Balaban J connectivity index is -0.0000000535. The van der Waals surface area contributed by atoms with Crippen molar-refractivity contribution >= 4 is 20.4 Å². The fourth-order valence-electron chi connectivity index (χ4n) is 0. The van der Waals surface area contributed by atoms with Gasteiger partial charge >= 0.3 is 32.7 Å². The summed E-state index contributed by atoms with van der Waals surface area (Å²) in [6.45, 7) is 6.50. The molecule has 0 aliphatic carbocycles. The third kappa shape index (κ3) is 7310. The van der Waals surface area contributed by atoms with Gasteiger partial charge in [-0.2, -0.15) is 12.5 Å². The van der Waals surface area contributed by atoms with Crippen molar-refractivity contribution in [1.82, 2.24) is 0 Å². The van der Waals surface area contributed by atoms with Crippen LogP contribution in [0.25, 0.3) is 0 Å². The second kappa shape index (κ2) is 11.5. The largest absolute Gasteiger partial charge is 3.00 e. The Morgan fingerprint density at radius 1 is 1.00 bits per heavy atom. The summed E-state index contributed by atoms with van der Waals surface area (Å²) in [5, 5.41) is 0. The van der Waals surface area contributed by atoms with Gasteiger partial charge in [-0.25, -0.2) is 36.4 Å². The number of hydrogen-bond donors (Lipinski definition) is 0. The summed E-state index contributed by atoms with van der Waals surface area (Å²) in [4.78, 5) is 0. The molecule has 0 N–H and O–H groups in total. The van der Waals surface area contributed by atoms with Crippen LogP contribution >= 0.6 is 0 Å². The molecular formula is C5H9F2O4S2Y. The quantitative estimate of drug-likeness (QED) is 0.495. The fourth-order valence-corrected chi connectivity index (χ4v) is 0. The molecular weight excluding hydrogens is 315 g/mol. The van der Waals surface area contributed by atoms with Crippen molar-refractivity contribution in [3.8, 4) is 0 Å². The van der Waals surface area contributed by atoms with E-state index in [4.69, 9.17) is 16.8 Å². The average Bonchev–Trinajstić information content (AvgIpc) is 1.52. The van der Waals surface area contributed by atoms with E-state index in [2.05, 4.69) is 26.0 Å². The first kappa shape index (κ1) is 24.0. The summed E-state index contributed by atoms with van der Waals surface area (Å²) < 4.78 is 56.5. The second-order valence-corrected chi connectivity index (χ2v) is 3.52. The number of rotatable bonds is 0. The van der Waals surface area contributed by atoms with Crippen LogP contribution in [0, 0.1) is 19.4 Å². The predicted octanol–water partition coefficient (Wildman–Crippen LogP) is 1.16. The summed E-state index contributed by atoms with van der Waals surface area (Å²) >= 11 is 0. The first-order valence-corrected chi connectivity index (χ1v) is 5.47. The van der Waals surface area contributed by atoms with Crippen LogP contribution in [0.4, 0.5) is 7.77 Å². The van der Waals surface area contributed by atoms with Crippen molar-refractivity contribution < 1.29 is 57.3 Å². The molecule has 0 radical (unpaired) electrons. The van der Waals surface area contributed by atoms with Gasteiger partial charge in [0, 0.05) is 0 Å². The Labute approximate surface area is 109 Å². The average molecular weight is 324 g/mol. The van der Waals surface area contributed by atoms with E-state index in [1.807, 2.05) is 0 Å². The van der Waals surface area contributed by atoms with Gasteiger partial charge < -0.3 is 0 Å². The van der Waals surface area contributed by atoms with Crippen molar-refractivity contribution in [3.05, 3.63) is 32.1 Å². The molecule has 0 saturated carbocycles. The van der Waals surface area contributed by atoms with Gasteiger partial charge in [0.25, 0.3) is 0 Å². The SMILES string of the molecule is C=C[CH2-].[CH2-]S(=O)(=O)F.[CH2-]S(=O)(=O)F.[Y+3]. The predicted molar refractivity (Wildman–Crippen MR) is 46.3 cm³/mol. The number of hydrogen-bond acceptors (Lipinski definition) is 4. The zero-order valence-corrected chi connectivity index (χ0v) is 11.7. The van der Waals surface area contributed by atoms with Crippen LogP contribution in [0.5, 0.6) is 0 Å². The molecule has 4 nitrogen and oxygen atoms in total. The van der Waals surface area contributed by atoms with Gasteiger partial charge in [0.2, 0.25) is 0 Å². The van der Waals surface area contributed by atoms with Gasteiger partial charge in [0.05, 0.1) is 0 Å². The first-order chi connectivity index (χ1) is 5.41. The van der Waals surface area contributed by atoms with Crippen LogP contribution in [0.2, 0.25) is 0 Å². The van der Waals surface area contributed by atoms with Gasteiger partial charge in [0.15, 0.2) is 20.4 Å². The molecule has 0 aromatic carbocycles. The molecule has 0 fully saturated rings. The molecule has 0 aromatic rings. The third-order valence-corrected chi connectivity index (χ3v) is 0. The van der Waals surface area contributed by atoms with E-state index < -0.39 is 20.4 Å². The standard InChI is InChI=1S/C3H5.2CH2FO2S.Y/c1-3-2;2*1-5(2,3)4;/h3H,1-2H2;2*1H2;/q3*-1;+3. The second-order valence-electron chi connectivity index (χ2n) is 1.37. The van der Waals surface area contributed by atoms with Crippen molar-refractivity contribution in [2.24, 2.45) is 0 Å². The van der Waals surface area contributed by atoms with Crippen molar-refractivity contribution in [2.45, 2.75) is 0 Å². The molecule has 0 aliphatic heterocycles. The van der Waals surface area contributed by atoms with E-state index in [0.29, 0.717) is 0 Å². The Kier molecular flexibility index (Phi) is 19.8. The molecule has 0 unspecified atom stereocenters. The first-order valence-electron chi connectivity index (χ1n) is 2.37. The van der Waals surface area contributed by atoms with Crippen LogP contribution in [0.15, 0.2) is 12.7 Å². The Morgan fingerprint density at radius 3 is 1.00 bits per heavy atom. The molecule has 0 bridgehead atoms. The molecule has 0 aliphatic rings. The Hall–Kier alpha value is 0.474. The van der Waals surface area contributed by atoms with Crippen LogP contribution < -0.4 is 0 Å². The van der Waals surface area contributed by atoms with Gasteiger partial charge in [-0.1, -0.05) is 0 Å². The van der Waals surface area contributed by atoms with Crippen molar-refractivity contribution in [3.63, 3.8) is 0 Å². The Bertz CT molecular complexity index is 263. The zero-order chi connectivity index (χ0) is 11.7. The van der Waals surface area contributed by atoms with Crippen LogP contribution in [0.1, 0.15) is 0 Å². The van der Waals surface area contributed by atoms with Crippen molar-refractivity contribution in [2.75, 3.05) is 0 Å². The van der Waals surface area contributed by atoms with E-state index in [1.54, 1.807) is 0 Å². The molecule has 0 heterocycles. The third-order valence-electron chi connectivity index (χ3n) is 0. The van der Waals surface area contributed by atoms with Gasteiger partial charge in [-0.15, -0.1) is 7.77 Å². The van der Waals surface area contributed by atoms with Gasteiger partial charge in [-0.3, -0.25) is 0 Å². The molecule has 0 aromatic heterocycles. The molecule has 9 heteroatoms. The molecule has 82 valence electrons. The zero-order valence-electron chi connectivity index (χ0n) is 7.19. The van der Waals surface area contributed by atoms with Crippen LogP contribution in [-0.4, -0.2) is 16.8 Å². The minimum absolute atomic E-state index is 0. The summed E-state index contributed by atoms with van der Waals surface area (Å²) in [7, 11) is -8.83. The topological polar surface area (TPSA) is 68.3 Å². The molecule has 0 spiro atoms. The minimum Gasteiger partial charge on any atom is -0.245 e. The normalized spacial score (nSPS) is 9.14. The van der Waals surface area contributed by atoms with E-state index in [0.717, 1.165) is 0 Å². The monoisotopic (exact) mass is 324 g/mol. The van der Waals surface area contributed by atoms with Gasteiger partial charge in [-0.05, 0) is 0 Å². The Morgan fingerprint density at radius 2 is 1.00 bits per heavy atom. The van der Waals surface area contributed by atoms with Gasteiger partial charge in [0.1, 0.15) is 0 Å². The number of allylic oxidation sites excluding steroid dienone is 1. The maximum atomic E-state index is 10.5. The summed E-state index contributed by atoms with van der Waals surface area (Å²) in [6.07, 6.45) is 5.65.